The number of nitrogens with zero attached hydrogens (tertiary/aromatic N) is 1. The predicted molar refractivity (Wildman–Crippen MR) is 78.9 cm³/mol. The van der Waals surface area contributed by atoms with Gasteiger partial charge in [-0.3, -0.25) is 9.78 Å². The molecule has 0 bridgehead atoms. The summed E-state index contributed by atoms with van der Waals surface area (Å²) in [5.41, 5.74) is 0.942. The second-order valence-corrected chi connectivity index (χ2v) is 5.78. The maximum atomic E-state index is 12.0. The topological polar surface area (TPSA) is 42.0 Å². The van der Waals surface area contributed by atoms with Crippen molar-refractivity contribution in [2.75, 3.05) is 12.0 Å². The Morgan fingerprint density at radius 3 is 2.78 bits per heavy atom. The normalized spacial score (nSPS) is 12.3. The van der Waals surface area contributed by atoms with E-state index >= 15 is 0 Å². The Morgan fingerprint density at radius 1 is 1.50 bits per heavy atom. The number of carbonyl (C=O) groups is 1. The monoisotopic (exact) mass is 306 g/mol. The van der Waals surface area contributed by atoms with Gasteiger partial charge in [0, 0.05) is 12.2 Å². The predicted octanol–water partition coefficient (Wildman–Crippen LogP) is 3.57. The second kappa shape index (κ2) is 7.22. The minimum Gasteiger partial charge on any atom is -0.349 e. The van der Waals surface area contributed by atoms with Crippen molar-refractivity contribution in [3.8, 4) is 0 Å². The third kappa shape index (κ3) is 4.04. The molecule has 0 aliphatic carbocycles. The minimum atomic E-state index is -0.233. The van der Waals surface area contributed by atoms with E-state index in [1.807, 2.05) is 13.2 Å². The van der Waals surface area contributed by atoms with E-state index in [-0.39, 0.29) is 17.0 Å². The van der Waals surface area contributed by atoms with E-state index in [0.29, 0.717) is 16.3 Å². The summed E-state index contributed by atoms with van der Waals surface area (Å²) >= 11 is 13.8. The lowest BCUT2D eigenvalue weighted by Gasteiger charge is -2.14. The Balaban J connectivity index is 2.76. The molecule has 0 unspecified atom stereocenters. The van der Waals surface area contributed by atoms with Crippen molar-refractivity contribution in [1.82, 2.24) is 10.3 Å². The van der Waals surface area contributed by atoms with Gasteiger partial charge in [-0.05, 0) is 32.3 Å². The van der Waals surface area contributed by atoms with Crippen molar-refractivity contribution in [3.05, 3.63) is 27.5 Å². The summed E-state index contributed by atoms with van der Waals surface area (Å²) in [7, 11) is 0. The molecule has 0 fully saturated rings. The lowest BCUT2D eigenvalue weighted by atomic mass is 10.2. The maximum absolute atomic E-state index is 12.0. The molecule has 18 heavy (non-hydrogen) atoms. The number of halogens is 2. The van der Waals surface area contributed by atoms with E-state index in [2.05, 4.69) is 10.3 Å². The van der Waals surface area contributed by atoms with Gasteiger partial charge in [0.05, 0.1) is 21.3 Å². The summed E-state index contributed by atoms with van der Waals surface area (Å²) in [5.74, 6) is 0.769. The van der Waals surface area contributed by atoms with Crippen molar-refractivity contribution in [3.63, 3.8) is 0 Å². The molecular weight excluding hydrogens is 291 g/mol. The third-order valence-corrected chi connectivity index (χ3v) is 4.11. The quantitative estimate of drug-likeness (QED) is 0.904. The van der Waals surface area contributed by atoms with E-state index in [1.54, 1.807) is 18.7 Å². The van der Waals surface area contributed by atoms with Crippen LogP contribution in [0, 0.1) is 6.92 Å². The van der Waals surface area contributed by atoms with Crippen LogP contribution in [0.2, 0.25) is 10.0 Å². The van der Waals surface area contributed by atoms with Gasteiger partial charge in [-0.15, -0.1) is 0 Å². The zero-order valence-electron chi connectivity index (χ0n) is 10.6. The fourth-order valence-corrected chi connectivity index (χ4v) is 2.39. The molecule has 0 aromatic carbocycles. The van der Waals surface area contributed by atoms with Crippen molar-refractivity contribution in [2.24, 2.45) is 0 Å². The number of aromatic nitrogens is 1. The molecule has 1 aromatic rings. The highest BCUT2D eigenvalue weighted by Crippen LogP contribution is 2.27. The zero-order chi connectivity index (χ0) is 13.7. The Hall–Kier alpha value is -0.450. The van der Waals surface area contributed by atoms with Crippen LogP contribution in [-0.2, 0) is 0 Å². The summed E-state index contributed by atoms with van der Waals surface area (Å²) < 4.78 is 0. The summed E-state index contributed by atoms with van der Waals surface area (Å²) in [6, 6.07) is 0.0982. The molecule has 0 aliphatic heterocycles. The van der Waals surface area contributed by atoms with Crippen molar-refractivity contribution >= 4 is 40.9 Å². The van der Waals surface area contributed by atoms with Crippen LogP contribution >= 0.6 is 35.0 Å². The number of hydrogen-bond acceptors (Lipinski definition) is 3. The number of carbonyl (C=O) groups excluding carboxylic acids is 1. The molecule has 0 saturated heterocycles. The first-order valence-corrected chi connectivity index (χ1v) is 7.72. The lowest BCUT2D eigenvalue weighted by molar-refractivity contribution is 0.0939. The highest BCUT2D eigenvalue weighted by atomic mass is 35.5. The van der Waals surface area contributed by atoms with E-state index in [4.69, 9.17) is 23.2 Å². The Labute approximate surface area is 122 Å². The van der Waals surface area contributed by atoms with Gasteiger partial charge in [0.1, 0.15) is 0 Å². The Morgan fingerprint density at radius 2 is 2.17 bits per heavy atom. The average molecular weight is 307 g/mol. The number of aryl methyl sites for hydroxylation is 1. The van der Waals surface area contributed by atoms with Gasteiger partial charge in [-0.25, -0.2) is 0 Å². The molecule has 1 N–H and O–H groups in total. The summed E-state index contributed by atoms with van der Waals surface area (Å²) in [5, 5.41) is 3.48. The maximum Gasteiger partial charge on any atom is 0.254 e. The molecule has 1 heterocycles. The first-order chi connectivity index (χ1) is 8.47. The standard InChI is InChI=1S/C12H16Cl2N2OS/c1-7(4-5-18-3)16-12(17)9-6-15-8(2)10(13)11(9)14/h6-7H,4-5H2,1-3H3,(H,16,17)/t7-/m0/s1. The fraction of sp³-hybridized carbons (Fsp3) is 0.500. The molecule has 1 rings (SSSR count). The first kappa shape index (κ1) is 15.6. The average Bonchev–Trinajstić information content (AvgIpc) is 2.33. The Bertz CT molecular complexity index is 440. The van der Waals surface area contributed by atoms with Crippen LogP contribution < -0.4 is 5.32 Å². The van der Waals surface area contributed by atoms with Crippen molar-refractivity contribution in [2.45, 2.75) is 26.3 Å². The number of nitrogens with one attached hydrogen (secondary N) is 1. The summed E-state index contributed by atoms with van der Waals surface area (Å²) in [6.07, 6.45) is 4.41. The molecule has 0 aliphatic rings. The van der Waals surface area contributed by atoms with Crippen LogP contribution in [-0.4, -0.2) is 28.9 Å². The SMILES string of the molecule is CSCC[C@H](C)NC(=O)c1cnc(C)c(Cl)c1Cl. The number of thioether (sulfide) groups is 1. The van der Waals surface area contributed by atoms with Crippen LogP contribution in [0.5, 0.6) is 0 Å². The molecule has 1 aromatic heterocycles. The molecule has 0 saturated carbocycles. The van der Waals surface area contributed by atoms with E-state index in [1.165, 1.54) is 6.20 Å². The van der Waals surface area contributed by atoms with Crippen LogP contribution in [0.1, 0.15) is 29.4 Å². The molecule has 0 spiro atoms. The highest BCUT2D eigenvalue weighted by Gasteiger charge is 2.16. The van der Waals surface area contributed by atoms with Crippen LogP contribution in [0.4, 0.5) is 0 Å². The van der Waals surface area contributed by atoms with Crippen molar-refractivity contribution in [1.29, 1.82) is 0 Å². The van der Waals surface area contributed by atoms with Crippen LogP contribution in [0.15, 0.2) is 6.20 Å². The number of hydrogen-bond donors (Lipinski definition) is 1. The lowest BCUT2D eigenvalue weighted by Crippen LogP contribution is -2.33. The molecule has 0 radical (unpaired) electrons. The van der Waals surface area contributed by atoms with E-state index in [9.17, 15) is 4.79 Å². The second-order valence-electron chi connectivity index (χ2n) is 4.04. The van der Waals surface area contributed by atoms with Gasteiger partial charge < -0.3 is 5.32 Å². The van der Waals surface area contributed by atoms with E-state index in [0.717, 1.165) is 12.2 Å². The largest absolute Gasteiger partial charge is 0.349 e. The molecule has 1 atom stereocenters. The van der Waals surface area contributed by atoms with Crippen LogP contribution in [0.3, 0.4) is 0 Å². The molecule has 100 valence electrons. The van der Waals surface area contributed by atoms with Crippen molar-refractivity contribution < 1.29 is 4.79 Å². The van der Waals surface area contributed by atoms with Gasteiger partial charge in [0.25, 0.3) is 5.91 Å². The van der Waals surface area contributed by atoms with E-state index < -0.39 is 0 Å². The van der Waals surface area contributed by atoms with Gasteiger partial charge >= 0.3 is 0 Å². The summed E-state index contributed by atoms with van der Waals surface area (Å²) in [6.45, 7) is 3.71. The molecule has 3 nitrogen and oxygen atoms in total. The van der Waals surface area contributed by atoms with Gasteiger partial charge in [-0.2, -0.15) is 11.8 Å². The summed E-state index contributed by atoms with van der Waals surface area (Å²) in [4.78, 5) is 16.1. The number of rotatable bonds is 5. The highest BCUT2D eigenvalue weighted by molar-refractivity contribution is 7.98. The minimum absolute atomic E-state index is 0.0982. The molecule has 1 amide bonds. The molecule has 6 heteroatoms. The number of pyridine rings is 1. The smallest absolute Gasteiger partial charge is 0.254 e. The van der Waals surface area contributed by atoms with Crippen LogP contribution in [0.25, 0.3) is 0 Å². The Kier molecular flexibility index (Phi) is 6.26. The first-order valence-electron chi connectivity index (χ1n) is 5.57. The fourth-order valence-electron chi connectivity index (χ4n) is 1.38. The number of amides is 1. The van der Waals surface area contributed by atoms with Gasteiger partial charge in [0.2, 0.25) is 0 Å². The molecular formula is C12H16Cl2N2OS. The zero-order valence-corrected chi connectivity index (χ0v) is 12.9. The van der Waals surface area contributed by atoms with Gasteiger partial charge in [-0.1, -0.05) is 23.2 Å². The van der Waals surface area contributed by atoms with Gasteiger partial charge in [0.15, 0.2) is 0 Å². The third-order valence-electron chi connectivity index (χ3n) is 2.51.